The van der Waals surface area contributed by atoms with Crippen LogP contribution in [0, 0.1) is 5.92 Å². The Labute approximate surface area is 189 Å². The smallest absolute Gasteiger partial charge is 0.243 e. The zero-order valence-corrected chi connectivity index (χ0v) is 20.8. The maximum Gasteiger partial charge on any atom is 0.243 e. The molecule has 0 aliphatic carbocycles. The predicted octanol–water partition coefficient (Wildman–Crippen LogP) is 2.40. The van der Waals surface area contributed by atoms with Gasteiger partial charge in [0.05, 0.1) is 10.6 Å². The van der Waals surface area contributed by atoms with E-state index in [9.17, 15) is 16.8 Å². The number of nitrogens with two attached hydrogens (primary N) is 1. The standard InChI is InChI=1S/C19H31N5O4S3/c1-5-23(6-2)31(27,28)17-10-7-9-16(13-17)18-21-22-19(24(18)14-15(3)4)29-11-8-12-30(20,25)26/h7,9-10,13,15H,5-6,8,11-12,14H2,1-4H3,(H2,20,25,26). The molecule has 0 radical (unpaired) electrons. The fourth-order valence-corrected chi connectivity index (χ4v) is 6.19. The van der Waals surface area contributed by atoms with Gasteiger partial charge in [-0.3, -0.25) is 0 Å². The Bertz CT molecular complexity index is 1080. The van der Waals surface area contributed by atoms with Gasteiger partial charge in [0, 0.05) is 31.0 Å². The summed E-state index contributed by atoms with van der Waals surface area (Å²) in [6, 6.07) is 6.74. The van der Waals surface area contributed by atoms with E-state index >= 15 is 0 Å². The van der Waals surface area contributed by atoms with Crippen LogP contribution in [0.15, 0.2) is 34.3 Å². The van der Waals surface area contributed by atoms with Crippen LogP contribution in [0.1, 0.15) is 34.1 Å². The predicted molar refractivity (Wildman–Crippen MR) is 124 cm³/mol. The van der Waals surface area contributed by atoms with Crippen molar-refractivity contribution in [2.45, 2.75) is 50.7 Å². The molecule has 1 aromatic heterocycles. The van der Waals surface area contributed by atoms with Crippen molar-refractivity contribution in [1.29, 1.82) is 0 Å². The van der Waals surface area contributed by atoms with Gasteiger partial charge >= 0.3 is 0 Å². The molecule has 0 fully saturated rings. The highest BCUT2D eigenvalue weighted by Gasteiger charge is 2.23. The molecule has 1 heterocycles. The molecule has 2 N–H and O–H groups in total. The summed E-state index contributed by atoms with van der Waals surface area (Å²) in [5.41, 5.74) is 0.665. The fraction of sp³-hybridized carbons (Fsp3) is 0.579. The summed E-state index contributed by atoms with van der Waals surface area (Å²) >= 11 is 1.41. The zero-order chi connectivity index (χ0) is 23.2. The van der Waals surface area contributed by atoms with Crippen molar-refractivity contribution in [3.63, 3.8) is 0 Å². The second-order valence-corrected chi connectivity index (χ2v) is 12.2. The summed E-state index contributed by atoms with van der Waals surface area (Å²) in [5.74, 6) is 1.33. The maximum atomic E-state index is 12.9. The third-order valence-electron chi connectivity index (χ3n) is 4.50. The van der Waals surface area contributed by atoms with Crippen LogP contribution < -0.4 is 5.14 Å². The summed E-state index contributed by atoms with van der Waals surface area (Å²) in [6.45, 7) is 9.19. The van der Waals surface area contributed by atoms with Crippen LogP contribution in [0.3, 0.4) is 0 Å². The van der Waals surface area contributed by atoms with Gasteiger partial charge < -0.3 is 4.57 Å². The Morgan fingerprint density at radius 3 is 2.39 bits per heavy atom. The van der Waals surface area contributed by atoms with Gasteiger partial charge in [-0.2, -0.15) is 4.31 Å². The van der Waals surface area contributed by atoms with Gasteiger partial charge in [0.2, 0.25) is 20.0 Å². The van der Waals surface area contributed by atoms with Gasteiger partial charge in [-0.1, -0.05) is 51.6 Å². The quantitative estimate of drug-likeness (QED) is 0.358. The number of primary sulfonamides is 1. The summed E-state index contributed by atoms with van der Waals surface area (Å²) in [5, 5.41) is 14.3. The van der Waals surface area contributed by atoms with Gasteiger partial charge in [0.15, 0.2) is 11.0 Å². The van der Waals surface area contributed by atoms with Crippen LogP contribution >= 0.6 is 11.8 Å². The first-order valence-electron chi connectivity index (χ1n) is 10.2. The van der Waals surface area contributed by atoms with E-state index in [-0.39, 0.29) is 10.6 Å². The lowest BCUT2D eigenvalue weighted by Gasteiger charge is -2.19. The maximum absolute atomic E-state index is 12.9. The van der Waals surface area contributed by atoms with E-state index in [0.717, 1.165) is 0 Å². The molecule has 0 bridgehead atoms. The molecule has 0 unspecified atom stereocenters. The van der Waals surface area contributed by atoms with Crippen molar-refractivity contribution in [3.8, 4) is 11.4 Å². The molecule has 1 aromatic carbocycles. The number of hydrogen-bond donors (Lipinski definition) is 1. The first-order chi connectivity index (χ1) is 14.5. The number of benzene rings is 1. The van der Waals surface area contributed by atoms with E-state index in [1.807, 2.05) is 24.5 Å². The minimum atomic E-state index is -3.59. The minimum absolute atomic E-state index is 0.0869. The molecule has 174 valence electrons. The number of hydrogen-bond acceptors (Lipinski definition) is 7. The third kappa shape index (κ3) is 7.01. The van der Waals surface area contributed by atoms with Crippen LogP contribution in [-0.2, 0) is 26.6 Å². The molecule has 31 heavy (non-hydrogen) atoms. The molecule has 0 saturated carbocycles. The first kappa shape index (κ1) is 25.8. The monoisotopic (exact) mass is 489 g/mol. The van der Waals surface area contributed by atoms with Gasteiger partial charge in [-0.15, -0.1) is 10.2 Å². The zero-order valence-electron chi connectivity index (χ0n) is 18.4. The van der Waals surface area contributed by atoms with Gasteiger partial charge in [-0.05, 0) is 24.5 Å². The van der Waals surface area contributed by atoms with E-state index in [1.54, 1.807) is 18.2 Å². The first-order valence-corrected chi connectivity index (χ1v) is 14.3. The molecular formula is C19H31N5O4S3. The van der Waals surface area contributed by atoms with Gasteiger partial charge in [0.1, 0.15) is 0 Å². The largest absolute Gasteiger partial charge is 0.302 e. The SMILES string of the molecule is CCN(CC)S(=O)(=O)c1cccc(-c2nnc(SCCCS(N)(=O)=O)n2CC(C)C)c1. The van der Waals surface area contributed by atoms with E-state index in [2.05, 4.69) is 24.0 Å². The summed E-state index contributed by atoms with van der Waals surface area (Å²) in [6.07, 6.45) is 0.408. The summed E-state index contributed by atoms with van der Waals surface area (Å²) in [7, 11) is -7.08. The number of thioether (sulfide) groups is 1. The van der Waals surface area contributed by atoms with Crippen LogP contribution in [-0.4, -0.2) is 60.5 Å². The fourth-order valence-electron chi connectivity index (χ4n) is 3.07. The molecule has 0 saturated heterocycles. The number of nitrogens with zero attached hydrogens (tertiary/aromatic N) is 4. The van der Waals surface area contributed by atoms with Crippen molar-refractivity contribution < 1.29 is 16.8 Å². The van der Waals surface area contributed by atoms with E-state index in [4.69, 9.17) is 5.14 Å². The molecular weight excluding hydrogens is 458 g/mol. The third-order valence-corrected chi connectivity index (χ3v) is 8.46. The molecule has 2 rings (SSSR count). The second kappa shape index (κ2) is 10.9. The van der Waals surface area contributed by atoms with E-state index in [0.29, 0.717) is 54.3 Å². The molecule has 2 aromatic rings. The Balaban J connectivity index is 2.37. The lowest BCUT2D eigenvalue weighted by molar-refractivity contribution is 0.445. The lowest BCUT2D eigenvalue weighted by atomic mass is 10.2. The molecule has 9 nitrogen and oxygen atoms in total. The summed E-state index contributed by atoms with van der Waals surface area (Å²) < 4.78 is 51.5. The Morgan fingerprint density at radius 2 is 1.81 bits per heavy atom. The van der Waals surface area contributed by atoms with Crippen molar-refractivity contribution in [3.05, 3.63) is 24.3 Å². The highest BCUT2D eigenvalue weighted by Crippen LogP contribution is 2.28. The van der Waals surface area contributed by atoms with Gasteiger partial charge in [0.25, 0.3) is 0 Å². The van der Waals surface area contributed by atoms with E-state index in [1.165, 1.54) is 16.1 Å². The average Bonchev–Trinajstić information content (AvgIpc) is 3.07. The normalized spacial score (nSPS) is 12.7. The highest BCUT2D eigenvalue weighted by atomic mass is 32.2. The lowest BCUT2D eigenvalue weighted by Crippen LogP contribution is -2.30. The second-order valence-electron chi connectivity index (χ2n) is 7.50. The van der Waals surface area contributed by atoms with Crippen molar-refractivity contribution in [1.82, 2.24) is 19.1 Å². The highest BCUT2D eigenvalue weighted by molar-refractivity contribution is 7.99. The molecule has 0 amide bonds. The van der Waals surface area contributed by atoms with Crippen LogP contribution in [0.25, 0.3) is 11.4 Å². The molecule has 0 aliphatic heterocycles. The van der Waals surface area contributed by atoms with Crippen molar-refractivity contribution in [2.75, 3.05) is 24.6 Å². The number of sulfonamides is 2. The van der Waals surface area contributed by atoms with Crippen LogP contribution in [0.2, 0.25) is 0 Å². The van der Waals surface area contributed by atoms with Crippen molar-refractivity contribution >= 4 is 31.8 Å². The van der Waals surface area contributed by atoms with Crippen molar-refractivity contribution in [2.24, 2.45) is 11.1 Å². The Kier molecular flexibility index (Phi) is 9.07. The Hall–Kier alpha value is -1.47. The Morgan fingerprint density at radius 1 is 1.13 bits per heavy atom. The summed E-state index contributed by atoms with van der Waals surface area (Å²) in [4.78, 5) is 0.218. The molecule has 12 heteroatoms. The average molecular weight is 490 g/mol. The minimum Gasteiger partial charge on any atom is -0.302 e. The van der Waals surface area contributed by atoms with Crippen LogP contribution in [0.5, 0.6) is 0 Å². The molecule has 0 spiro atoms. The molecule has 0 atom stereocenters. The van der Waals surface area contributed by atoms with Gasteiger partial charge in [-0.25, -0.2) is 22.0 Å². The van der Waals surface area contributed by atoms with Crippen LogP contribution in [0.4, 0.5) is 0 Å². The van der Waals surface area contributed by atoms with E-state index < -0.39 is 20.0 Å². The number of rotatable bonds is 12. The topological polar surface area (TPSA) is 128 Å². The molecule has 0 aliphatic rings. The number of aromatic nitrogens is 3.